The molecule has 3 aromatic rings. The van der Waals surface area contributed by atoms with Crippen molar-refractivity contribution in [3.05, 3.63) is 101 Å². The minimum Gasteiger partial charge on any atom is -0.504 e. The van der Waals surface area contributed by atoms with Crippen LogP contribution in [0, 0.1) is 0 Å². The molecule has 1 atom stereocenters. The van der Waals surface area contributed by atoms with Gasteiger partial charge < -0.3 is 24.3 Å². The standard InChI is InChI=1S/C26H23NO6/c1-2-32-22-15-18(11-13-20(22)28)24-23(21(29)12-10-17-7-4-3-5-8-17)25(30)26(31)27(24)16-19-9-6-14-33-19/h3-15,24,28,30H,2,16H2,1H3/b12-10+. The molecule has 0 spiro atoms. The Labute approximate surface area is 190 Å². The van der Waals surface area contributed by atoms with Crippen LogP contribution in [0.1, 0.15) is 29.9 Å². The number of ether oxygens (including phenoxy) is 1. The highest BCUT2D eigenvalue weighted by Gasteiger charge is 2.43. The third kappa shape index (κ3) is 4.52. The number of rotatable bonds is 8. The second kappa shape index (κ2) is 9.48. The van der Waals surface area contributed by atoms with Gasteiger partial charge >= 0.3 is 0 Å². The molecule has 33 heavy (non-hydrogen) atoms. The summed E-state index contributed by atoms with van der Waals surface area (Å²) in [5, 5.41) is 20.8. The monoisotopic (exact) mass is 445 g/mol. The fourth-order valence-corrected chi connectivity index (χ4v) is 3.78. The average molecular weight is 445 g/mol. The van der Waals surface area contributed by atoms with Crippen molar-refractivity contribution in [2.24, 2.45) is 0 Å². The van der Waals surface area contributed by atoms with Crippen molar-refractivity contribution in [2.75, 3.05) is 6.61 Å². The summed E-state index contributed by atoms with van der Waals surface area (Å²) in [7, 11) is 0. The Morgan fingerprint density at radius 2 is 1.91 bits per heavy atom. The van der Waals surface area contributed by atoms with E-state index in [9.17, 15) is 19.8 Å². The third-order valence-electron chi connectivity index (χ3n) is 5.30. The molecule has 0 fully saturated rings. The quantitative estimate of drug-likeness (QED) is 0.493. The van der Waals surface area contributed by atoms with Gasteiger partial charge in [0.15, 0.2) is 23.0 Å². The van der Waals surface area contributed by atoms with Crippen LogP contribution < -0.4 is 4.74 Å². The topological polar surface area (TPSA) is 100 Å². The second-order valence-corrected chi connectivity index (χ2v) is 7.45. The first kappa shape index (κ1) is 22.0. The zero-order chi connectivity index (χ0) is 23.4. The number of aromatic hydroxyl groups is 1. The first-order chi connectivity index (χ1) is 16.0. The maximum absolute atomic E-state index is 13.2. The van der Waals surface area contributed by atoms with Crippen LogP contribution in [-0.2, 0) is 16.1 Å². The van der Waals surface area contributed by atoms with Crippen LogP contribution in [0.15, 0.2) is 88.8 Å². The van der Waals surface area contributed by atoms with Gasteiger partial charge in [0, 0.05) is 0 Å². The van der Waals surface area contributed by atoms with Crippen LogP contribution in [0.5, 0.6) is 11.5 Å². The van der Waals surface area contributed by atoms with Gasteiger partial charge in [-0.1, -0.05) is 42.5 Å². The molecule has 2 aromatic carbocycles. The van der Waals surface area contributed by atoms with Crippen LogP contribution in [0.25, 0.3) is 6.08 Å². The predicted molar refractivity (Wildman–Crippen MR) is 121 cm³/mol. The number of benzene rings is 2. The first-order valence-electron chi connectivity index (χ1n) is 10.5. The number of phenols is 1. The Balaban J connectivity index is 1.75. The summed E-state index contributed by atoms with van der Waals surface area (Å²) in [6.07, 6.45) is 4.45. The summed E-state index contributed by atoms with van der Waals surface area (Å²) in [5.41, 5.74) is 1.27. The minimum absolute atomic E-state index is 0.0462. The van der Waals surface area contributed by atoms with E-state index in [0.717, 1.165) is 5.56 Å². The Bertz CT molecular complexity index is 1210. The number of nitrogens with zero attached hydrogens (tertiary/aromatic N) is 1. The molecule has 7 nitrogen and oxygen atoms in total. The van der Waals surface area contributed by atoms with Crippen LogP contribution in [0.4, 0.5) is 0 Å². The average Bonchev–Trinajstić information content (AvgIpc) is 3.42. The van der Waals surface area contributed by atoms with E-state index in [2.05, 4.69) is 0 Å². The number of aliphatic hydroxyl groups is 1. The molecule has 4 rings (SSSR count). The molecule has 0 saturated heterocycles. The fourth-order valence-electron chi connectivity index (χ4n) is 3.78. The van der Waals surface area contributed by atoms with Gasteiger partial charge in [-0.15, -0.1) is 0 Å². The molecule has 0 aliphatic carbocycles. The highest BCUT2D eigenvalue weighted by Crippen LogP contribution is 2.41. The lowest BCUT2D eigenvalue weighted by Crippen LogP contribution is -2.30. The number of furan rings is 1. The van der Waals surface area contributed by atoms with Gasteiger partial charge in [-0.05, 0) is 48.4 Å². The third-order valence-corrected chi connectivity index (χ3v) is 5.30. The minimum atomic E-state index is -0.893. The summed E-state index contributed by atoms with van der Waals surface area (Å²) in [4.78, 5) is 27.6. The fraction of sp³-hybridized carbons (Fsp3) is 0.154. The first-order valence-corrected chi connectivity index (χ1v) is 10.5. The molecule has 1 aromatic heterocycles. The van der Waals surface area contributed by atoms with Crippen molar-refractivity contribution in [1.82, 2.24) is 4.90 Å². The number of hydrogen-bond donors (Lipinski definition) is 2. The summed E-state index contributed by atoms with van der Waals surface area (Å²) in [6, 6.07) is 16.4. The molecule has 0 saturated carbocycles. The van der Waals surface area contributed by atoms with Gasteiger partial charge in [-0.3, -0.25) is 9.59 Å². The van der Waals surface area contributed by atoms with Crippen LogP contribution >= 0.6 is 0 Å². The van der Waals surface area contributed by atoms with E-state index in [1.54, 1.807) is 37.3 Å². The lowest BCUT2D eigenvalue weighted by molar-refractivity contribution is -0.130. The molecule has 1 amide bonds. The summed E-state index contributed by atoms with van der Waals surface area (Å²) in [6.45, 7) is 2.15. The van der Waals surface area contributed by atoms with E-state index in [-0.39, 0.29) is 23.6 Å². The summed E-state index contributed by atoms with van der Waals surface area (Å²) >= 11 is 0. The van der Waals surface area contributed by atoms with Crippen molar-refractivity contribution in [1.29, 1.82) is 0 Å². The van der Waals surface area contributed by atoms with E-state index >= 15 is 0 Å². The van der Waals surface area contributed by atoms with Crippen molar-refractivity contribution in [3.8, 4) is 11.5 Å². The van der Waals surface area contributed by atoms with Crippen LogP contribution in [0.3, 0.4) is 0 Å². The number of hydrogen-bond acceptors (Lipinski definition) is 6. The predicted octanol–water partition coefficient (Wildman–Crippen LogP) is 4.56. The van der Waals surface area contributed by atoms with Crippen LogP contribution in [0.2, 0.25) is 0 Å². The molecule has 7 heteroatoms. The van der Waals surface area contributed by atoms with Gasteiger partial charge in [0.05, 0.1) is 31.0 Å². The largest absolute Gasteiger partial charge is 0.504 e. The number of phenolic OH excluding ortho intramolecular Hbond substituents is 1. The molecular formula is C26H23NO6. The highest BCUT2D eigenvalue weighted by molar-refractivity contribution is 6.14. The molecule has 1 aliphatic rings. The normalized spacial score (nSPS) is 16.1. The lowest BCUT2D eigenvalue weighted by Gasteiger charge is -2.26. The highest BCUT2D eigenvalue weighted by atomic mass is 16.5. The molecule has 1 unspecified atom stereocenters. The van der Waals surface area contributed by atoms with Gasteiger partial charge in [0.25, 0.3) is 5.91 Å². The maximum atomic E-state index is 13.2. The lowest BCUT2D eigenvalue weighted by atomic mass is 9.95. The van der Waals surface area contributed by atoms with E-state index in [1.165, 1.54) is 23.3 Å². The Kier molecular flexibility index (Phi) is 6.31. The van der Waals surface area contributed by atoms with E-state index < -0.39 is 23.5 Å². The van der Waals surface area contributed by atoms with Gasteiger partial charge in [0.1, 0.15) is 5.76 Å². The Morgan fingerprint density at radius 1 is 1.12 bits per heavy atom. The number of carbonyl (C=O) groups excluding carboxylic acids is 2. The zero-order valence-corrected chi connectivity index (χ0v) is 18.0. The Hall–Kier alpha value is -4.26. The summed E-state index contributed by atoms with van der Waals surface area (Å²) < 4.78 is 10.9. The van der Waals surface area contributed by atoms with E-state index in [1.807, 2.05) is 30.3 Å². The van der Waals surface area contributed by atoms with Crippen molar-refractivity contribution >= 4 is 17.8 Å². The zero-order valence-electron chi connectivity index (χ0n) is 18.0. The molecule has 0 radical (unpaired) electrons. The van der Waals surface area contributed by atoms with Crippen molar-refractivity contribution < 1.29 is 29.0 Å². The van der Waals surface area contributed by atoms with E-state index in [4.69, 9.17) is 9.15 Å². The number of amides is 1. The van der Waals surface area contributed by atoms with Gasteiger partial charge in [-0.2, -0.15) is 0 Å². The Morgan fingerprint density at radius 3 is 2.61 bits per heavy atom. The molecule has 0 bridgehead atoms. The number of aliphatic hydroxyl groups excluding tert-OH is 1. The van der Waals surface area contributed by atoms with Crippen molar-refractivity contribution in [2.45, 2.75) is 19.5 Å². The molecule has 168 valence electrons. The van der Waals surface area contributed by atoms with Crippen LogP contribution in [-0.4, -0.2) is 33.4 Å². The molecule has 2 N–H and O–H groups in total. The number of allylic oxidation sites excluding steroid dienone is 1. The maximum Gasteiger partial charge on any atom is 0.290 e. The number of ketones is 1. The molecule has 2 heterocycles. The molecule has 1 aliphatic heterocycles. The second-order valence-electron chi connectivity index (χ2n) is 7.45. The smallest absolute Gasteiger partial charge is 0.290 e. The SMILES string of the molecule is CCOc1cc(C2C(C(=O)/C=C/c3ccccc3)=C(O)C(=O)N2Cc2ccco2)ccc1O. The van der Waals surface area contributed by atoms with Gasteiger partial charge in [-0.25, -0.2) is 0 Å². The molecular weight excluding hydrogens is 422 g/mol. The summed E-state index contributed by atoms with van der Waals surface area (Å²) in [5.74, 6) is -1.13. The van der Waals surface area contributed by atoms with Crippen molar-refractivity contribution in [3.63, 3.8) is 0 Å². The number of carbonyl (C=O) groups is 2. The van der Waals surface area contributed by atoms with E-state index in [0.29, 0.717) is 17.9 Å². The van der Waals surface area contributed by atoms with Gasteiger partial charge in [0.2, 0.25) is 0 Å².